The van der Waals surface area contributed by atoms with Gasteiger partial charge in [0.25, 0.3) is 0 Å². The van der Waals surface area contributed by atoms with Crippen LogP contribution in [0.2, 0.25) is 0 Å². The van der Waals surface area contributed by atoms with Gasteiger partial charge in [0.2, 0.25) is 5.54 Å². The van der Waals surface area contributed by atoms with E-state index in [4.69, 9.17) is 10.00 Å². The molecular formula is C17H21N3O4. The van der Waals surface area contributed by atoms with Gasteiger partial charge in [0.05, 0.1) is 11.6 Å². The standard InChI is InChI=1S/C17H21N3O4/c1-16(2,3)24-15(23)17(14(21)22)11-19-7-8-20(17)13-6-4-5-12(9-13)10-18/h4-6,9,19H,7-8,11H2,1-3H3,(H,21,22). The molecule has 0 amide bonds. The Hall–Kier alpha value is -2.59. The lowest BCUT2D eigenvalue weighted by molar-refractivity contribution is -0.169. The van der Waals surface area contributed by atoms with Gasteiger partial charge in [0, 0.05) is 25.3 Å². The van der Waals surface area contributed by atoms with Crippen molar-refractivity contribution in [1.29, 1.82) is 5.26 Å². The molecule has 2 N–H and O–H groups in total. The van der Waals surface area contributed by atoms with Crippen molar-refractivity contribution in [2.75, 3.05) is 24.5 Å². The van der Waals surface area contributed by atoms with Crippen LogP contribution in [0.5, 0.6) is 0 Å². The monoisotopic (exact) mass is 331 g/mol. The first-order valence-corrected chi connectivity index (χ1v) is 7.66. The Morgan fingerprint density at radius 3 is 2.71 bits per heavy atom. The molecule has 0 aromatic heterocycles. The van der Waals surface area contributed by atoms with E-state index in [2.05, 4.69) is 5.32 Å². The van der Waals surface area contributed by atoms with Crippen LogP contribution >= 0.6 is 0 Å². The predicted octanol–water partition coefficient (Wildman–Crippen LogP) is 1.13. The van der Waals surface area contributed by atoms with Gasteiger partial charge in [0.1, 0.15) is 5.60 Å². The molecule has 7 heteroatoms. The lowest BCUT2D eigenvalue weighted by Crippen LogP contribution is -2.71. The largest absolute Gasteiger partial charge is 0.479 e. The number of ether oxygens (including phenoxy) is 1. The lowest BCUT2D eigenvalue weighted by atomic mass is 9.93. The molecule has 0 saturated carbocycles. The van der Waals surface area contributed by atoms with E-state index in [1.165, 1.54) is 4.90 Å². The Balaban J connectivity index is 2.51. The van der Waals surface area contributed by atoms with Gasteiger partial charge < -0.3 is 20.1 Å². The minimum atomic E-state index is -1.88. The number of benzene rings is 1. The zero-order chi connectivity index (χ0) is 18.0. The molecular weight excluding hydrogens is 310 g/mol. The molecule has 0 bridgehead atoms. The summed E-state index contributed by atoms with van der Waals surface area (Å²) in [4.78, 5) is 26.4. The summed E-state index contributed by atoms with van der Waals surface area (Å²) in [7, 11) is 0. The van der Waals surface area contributed by atoms with E-state index in [9.17, 15) is 14.7 Å². The Labute approximate surface area is 140 Å². The normalized spacial score (nSPS) is 21.0. The molecule has 2 rings (SSSR count). The van der Waals surface area contributed by atoms with Crippen LogP contribution in [0.1, 0.15) is 26.3 Å². The number of nitrogens with zero attached hydrogens (tertiary/aromatic N) is 2. The molecule has 1 aliphatic rings. The third-order valence-electron chi connectivity index (χ3n) is 3.73. The van der Waals surface area contributed by atoms with Crippen LogP contribution in [0, 0.1) is 11.3 Å². The summed E-state index contributed by atoms with van der Waals surface area (Å²) in [6.07, 6.45) is 0. The number of carbonyl (C=O) groups excluding carboxylic acids is 1. The van der Waals surface area contributed by atoms with Gasteiger partial charge in [-0.15, -0.1) is 0 Å². The number of hydrogen-bond acceptors (Lipinski definition) is 6. The van der Waals surface area contributed by atoms with Crippen LogP contribution in [0.15, 0.2) is 24.3 Å². The number of rotatable bonds is 3. The van der Waals surface area contributed by atoms with Gasteiger partial charge in [-0.2, -0.15) is 5.26 Å². The highest BCUT2D eigenvalue weighted by Crippen LogP contribution is 2.29. The van der Waals surface area contributed by atoms with Crippen LogP contribution in [0.4, 0.5) is 5.69 Å². The molecule has 1 heterocycles. The first-order valence-electron chi connectivity index (χ1n) is 7.66. The quantitative estimate of drug-likeness (QED) is 0.632. The molecule has 1 atom stereocenters. The molecule has 1 unspecified atom stereocenters. The number of carboxylic acids is 1. The molecule has 1 saturated heterocycles. The third kappa shape index (κ3) is 3.34. The number of anilines is 1. The van der Waals surface area contributed by atoms with Crippen molar-refractivity contribution in [3.63, 3.8) is 0 Å². The maximum absolute atomic E-state index is 12.8. The average Bonchev–Trinajstić information content (AvgIpc) is 2.52. The summed E-state index contributed by atoms with van der Waals surface area (Å²) >= 11 is 0. The fraction of sp³-hybridized carbons (Fsp3) is 0.471. The molecule has 128 valence electrons. The number of carbonyl (C=O) groups is 2. The first kappa shape index (κ1) is 17.8. The van der Waals surface area contributed by atoms with Crippen molar-refractivity contribution in [3.8, 4) is 6.07 Å². The van der Waals surface area contributed by atoms with Crippen LogP contribution in [-0.2, 0) is 14.3 Å². The predicted molar refractivity (Wildman–Crippen MR) is 87.6 cm³/mol. The minimum Gasteiger partial charge on any atom is -0.479 e. The minimum absolute atomic E-state index is 0.0754. The van der Waals surface area contributed by atoms with E-state index in [0.717, 1.165) is 0 Å². The molecule has 0 radical (unpaired) electrons. The number of hydrogen-bond donors (Lipinski definition) is 2. The lowest BCUT2D eigenvalue weighted by Gasteiger charge is -2.44. The van der Waals surface area contributed by atoms with Crippen molar-refractivity contribution in [3.05, 3.63) is 29.8 Å². The van der Waals surface area contributed by atoms with Crippen LogP contribution in [-0.4, -0.2) is 47.8 Å². The van der Waals surface area contributed by atoms with Gasteiger partial charge in [-0.3, -0.25) is 0 Å². The zero-order valence-corrected chi connectivity index (χ0v) is 14.0. The van der Waals surface area contributed by atoms with E-state index in [1.54, 1.807) is 45.0 Å². The van der Waals surface area contributed by atoms with Crippen LogP contribution in [0.3, 0.4) is 0 Å². The zero-order valence-electron chi connectivity index (χ0n) is 14.0. The number of carboxylic acid groups (broad SMARTS) is 1. The topological polar surface area (TPSA) is 103 Å². The van der Waals surface area contributed by atoms with Gasteiger partial charge in [-0.25, -0.2) is 9.59 Å². The van der Waals surface area contributed by atoms with Gasteiger partial charge in [-0.05, 0) is 39.0 Å². The maximum atomic E-state index is 12.8. The van der Waals surface area contributed by atoms with Crippen LogP contribution < -0.4 is 10.2 Å². The van der Waals surface area contributed by atoms with E-state index in [0.29, 0.717) is 24.3 Å². The van der Waals surface area contributed by atoms with Crippen molar-refractivity contribution >= 4 is 17.6 Å². The molecule has 1 fully saturated rings. The smallest absolute Gasteiger partial charge is 0.345 e. The van der Waals surface area contributed by atoms with Crippen molar-refractivity contribution in [2.24, 2.45) is 0 Å². The van der Waals surface area contributed by atoms with Gasteiger partial charge >= 0.3 is 11.9 Å². The number of nitriles is 1. The number of piperazine rings is 1. The highest BCUT2D eigenvalue weighted by atomic mass is 16.6. The third-order valence-corrected chi connectivity index (χ3v) is 3.73. The molecule has 0 spiro atoms. The van der Waals surface area contributed by atoms with E-state index in [-0.39, 0.29) is 6.54 Å². The van der Waals surface area contributed by atoms with E-state index < -0.39 is 23.1 Å². The molecule has 1 aromatic rings. The summed E-state index contributed by atoms with van der Waals surface area (Å²) in [5.74, 6) is -2.11. The number of nitrogens with one attached hydrogen (secondary N) is 1. The highest BCUT2D eigenvalue weighted by molar-refractivity contribution is 6.08. The summed E-state index contributed by atoms with van der Waals surface area (Å²) in [6, 6.07) is 8.58. The number of aliphatic carboxylic acids is 1. The number of esters is 1. The molecule has 24 heavy (non-hydrogen) atoms. The Morgan fingerprint density at radius 1 is 1.42 bits per heavy atom. The maximum Gasteiger partial charge on any atom is 0.345 e. The molecule has 0 aliphatic carbocycles. The molecule has 7 nitrogen and oxygen atoms in total. The Kier molecular flexibility index (Phi) is 4.81. The highest BCUT2D eigenvalue weighted by Gasteiger charge is 2.55. The van der Waals surface area contributed by atoms with Crippen LogP contribution in [0.25, 0.3) is 0 Å². The summed E-state index contributed by atoms with van der Waals surface area (Å²) in [5.41, 5.74) is -1.78. The fourth-order valence-electron chi connectivity index (χ4n) is 2.66. The summed E-state index contributed by atoms with van der Waals surface area (Å²) in [5, 5.41) is 21.9. The van der Waals surface area contributed by atoms with E-state index >= 15 is 0 Å². The van der Waals surface area contributed by atoms with Crippen molar-refractivity contribution in [2.45, 2.75) is 31.9 Å². The van der Waals surface area contributed by atoms with Gasteiger partial charge in [-0.1, -0.05) is 6.07 Å². The second-order valence-corrected chi connectivity index (χ2v) is 6.66. The average molecular weight is 331 g/mol. The SMILES string of the molecule is CC(C)(C)OC(=O)C1(C(=O)O)CNCCN1c1cccc(C#N)c1. The molecule has 1 aliphatic heterocycles. The summed E-state index contributed by atoms with van der Waals surface area (Å²) < 4.78 is 5.38. The fourth-order valence-corrected chi connectivity index (χ4v) is 2.66. The molecule has 1 aromatic carbocycles. The Bertz CT molecular complexity index is 690. The van der Waals surface area contributed by atoms with Crippen molar-refractivity contribution < 1.29 is 19.4 Å². The second kappa shape index (κ2) is 6.49. The van der Waals surface area contributed by atoms with Crippen molar-refractivity contribution in [1.82, 2.24) is 5.32 Å². The van der Waals surface area contributed by atoms with Gasteiger partial charge in [0.15, 0.2) is 0 Å². The Morgan fingerprint density at radius 2 is 2.12 bits per heavy atom. The van der Waals surface area contributed by atoms with E-state index in [1.807, 2.05) is 6.07 Å². The second-order valence-electron chi connectivity index (χ2n) is 6.66. The first-order chi connectivity index (χ1) is 11.2. The summed E-state index contributed by atoms with van der Waals surface area (Å²) in [6.45, 7) is 5.83.